The van der Waals surface area contributed by atoms with Crippen LogP contribution in [0.2, 0.25) is 0 Å². The van der Waals surface area contributed by atoms with Gasteiger partial charge in [-0.25, -0.2) is 9.94 Å². The van der Waals surface area contributed by atoms with Crippen molar-refractivity contribution >= 4 is 5.52 Å². The number of nitrogens with one attached hydrogen (secondary N) is 1. The van der Waals surface area contributed by atoms with Gasteiger partial charge in [0.25, 0.3) is 0 Å². The third kappa shape index (κ3) is 1.59. The number of aromatic nitrogens is 4. The Balaban J connectivity index is 2.15. The lowest BCUT2D eigenvalue weighted by Gasteiger charge is -2.15. The molecule has 0 amide bonds. The van der Waals surface area contributed by atoms with Crippen molar-refractivity contribution in [2.45, 2.75) is 6.04 Å². The molecule has 1 atom stereocenters. The van der Waals surface area contributed by atoms with Crippen molar-refractivity contribution in [2.24, 2.45) is 12.9 Å². The molecule has 0 aliphatic rings. The van der Waals surface area contributed by atoms with Gasteiger partial charge in [-0.2, -0.15) is 10.2 Å². The van der Waals surface area contributed by atoms with Gasteiger partial charge in [0, 0.05) is 25.0 Å². The standard InChI is InChI=1S/C12H14N6/c1-17-11(5-6-14-17)12(16-13)9-8-15-18-7-3-2-4-10(9)18/h2-8,12,16H,13H2,1H3. The van der Waals surface area contributed by atoms with Crippen LogP contribution in [-0.4, -0.2) is 19.4 Å². The topological polar surface area (TPSA) is 73.2 Å². The van der Waals surface area contributed by atoms with E-state index in [0.717, 1.165) is 16.8 Å². The maximum atomic E-state index is 5.69. The number of aryl methyl sites for hydroxylation is 1. The van der Waals surface area contributed by atoms with E-state index in [1.54, 1.807) is 10.9 Å². The molecule has 3 aromatic heterocycles. The van der Waals surface area contributed by atoms with Gasteiger partial charge in [0.15, 0.2) is 0 Å². The molecule has 0 spiro atoms. The summed E-state index contributed by atoms with van der Waals surface area (Å²) in [7, 11) is 1.89. The first-order valence-electron chi connectivity index (χ1n) is 5.67. The molecule has 0 bridgehead atoms. The fraction of sp³-hybridized carbons (Fsp3) is 0.167. The lowest BCUT2D eigenvalue weighted by atomic mass is 10.1. The van der Waals surface area contributed by atoms with E-state index in [0.29, 0.717) is 0 Å². The number of rotatable bonds is 3. The number of hydrogen-bond acceptors (Lipinski definition) is 4. The lowest BCUT2D eigenvalue weighted by molar-refractivity contribution is 0.578. The zero-order chi connectivity index (χ0) is 12.5. The largest absolute Gasteiger partial charge is 0.271 e. The lowest BCUT2D eigenvalue weighted by Crippen LogP contribution is -2.30. The summed E-state index contributed by atoms with van der Waals surface area (Å²) in [5.74, 6) is 5.69. The zero-order valence-corrected chi connectivity index (χ0v) is 9.99. The van der Waals surface area contributed by atoms with Crippen LogP contribution in [0.5, 0.6) is 0 Å². The average Bonchev–Trinajstić information content (AvgIpc) is 2.99. The summed E-state index contributed by atoms with van der Waals surface area (Å²) in [4.78, 5) is 0. The molecule has 0 saturated heterocycles. The monoisotopic (exact) mass is 242 g/mol. The highest BCUT2D eigenvalue weighted by Crippen LogP contribution is 2.24. The molecule has 92 valence electrons. The highest BCUT2D eigenvalue weighted by atomic mass is 15.3. The summed E-state index contributed by atoms with van der Waals surface area (Å²) in [6, 6.07) is 7.76. The van der Waals surface area contributed by atoms with Gasteiger partial charge in [0.2, 0.25) is 0 Å². The molecule has 0 fully saturated rings. The molecule has 18 heavy (non-hydrogen) atoms. The van der Waals surface area contributed by atoms with E-state index in [1.807, 2.05) is 48.2 Å². The maximum Gasteiger partial charge on any atom is 0.0914 e. The van der Waals surface area contributed by atoms with Gasteiger partial charge >= 0.3 is 0 Å². The van der Waals surface area contributed by atoms with E-state index in [2.05, 4.69) is 15.6 Å². The van der Waals surface area contributed by atoms with Gasteiger partial charge < -0.3 is 0 Å². The molecule has 0 radical (unpaired) electrons. The van der Waals surface area contributed by atoms with Crippen molar-refractivity contribution in [1.29, 1.82) is 0 Å². The van der Waals surface area contributed by atoms with Crippen LogP contribution >= 0.6 is 0 Å². The van der Waals surface area contributed by atoms with E-state index < -0.39 is 0 Å². The molecule has 0 aliphatic carbocycles. The summed E-state index contributed by atoms with van der Waals surface area (Å²) in [6.45, 7) is 0. The third-order valence-corrected chi connectivity index (χ3v) is 3.09. The minimum atomic E-state index is -0.127. The third-order valence-electron chi connectivity index (χ3n) is 3.09. The zero-order valence-electron chi connectivity index (χ0n) is 9.99. The molecule has 3 rings (SSSR count). The molecule has 1 unspecified atom stereocenters. The fourth-order valence-corrected chi connectivity index (χ4v) is 2.18. The van der Waals surface area contributed by atoms with Crippen molar-refractivity contribution in [2.75, 3.05) is 0 Å². The van der Waals surface area contributed by atoms with E-state index in [4.69, 9.17) is 5.84 Å². The molecule has 3 aromatic rings. The number of nitrogens with zero attached hydrogens (tertiary/aromatic N) is 4. The van der Waals surface area contributed by atoms with Crippen LogP contribution in [0.15, 0.2) is 42.9 Å². The van der Waals surface area contributed by atoms with E-state index in [-0.39, 0.29) is 6.04 Å². The van der Waals surface area contributed by atoms with Gasteiger partial charge in [0.05, 0.1) is 23.4 Å². The molecule has 3 heterocycles. The Morgan fingerprint density at radius 2 is 2.17 bits per heavy atom. The Labute approximate surface area is 104 Å². The predicted octanol–water partition coefficient (Wildman–Crippen LogP) is 0.620. The highest BCUT2D eigenvalue weighted by molar-refractivity contribution is 5.56. The Kier molecular flexibility index (Phi) is 2.58. The molecular formula is C12H14N6. The Bertz CT molecular complexity index is 668. The molecular weight excluding hydrogens is 228 g/mol. The summed E-state index contributed by atoms with van der Waals surface area (Å²) < 4.78 is 3.63. The Hall–Kier alpha value is -2.18. The molecule has 6 nitrogen and oxygen atoms in total. The van der Waals surface area contributed by atoms with Crippen molar-refractivity contribution < 1.29 is 0 Å². The van der Waals surface area contributed by atoms with Crippen LogP contribution in [0.1, 0.15) is 17.3 Å². The minimum Gasteiger partial charge on any atom is -0.271 e. The number of nitrogens with two attached hydrogens (primary N) is 1. The van der Waals surface area contributed by atoms with Gasteiger partial charge in [-0.15, -0.1) is 0 Å². The smallest absolute Gasteiger partial charge is 0.0914 e. The second-order valence-corrected chi connectivity index (χ2v) is 4.11. The molecule has 0 aromatic carbocycles. The summed E-state index contributed by atoms with van der Waals surface area (Å²) in [6.07, 6.45) is 5.49. The SMILES string of the molecule is Cn1nccc1C(NN)c1cnn2ccccc12. The molecule has 0 aliphatic heterocycles. The second-order valence-electron chi connectivity index (χ2n) is 4.11. The van der Waals surface area contributed by atoms with E-state index >= 15 is 0 Å². The van der Waals surface area contributed by atoms with Crippen molar-refractivity contribution in [3.8, 4) is 0 Å². The molecule has 6 heteroatoms. The maximum absolute atomic E-state index is 5.69. The highest BCUT2D eigenvalue weighted by Gasteiger charge is 2.19. The minimum absolute atomic E-state index is 0.127. The van der Waals surface area contributed by atoms with Crippen LogP contribution in [0.3, 0.4) is 0 Å². The van der Waals surface area contributed by atoms with E-state index in [9.17, 15) is 0 Å². The Morgan fingerprint density at radius 3 is 2.89 bits per heavy atom. The number of hydrazine groups is 1. The van der Waals surface area contributed by atoms with Crippen molar-refractivity contribution in [1.82, 2.24) is 24.8 Å². The number of pyridine rings is 1. The van der Waals surface area contributed by atoms with Gasteiger partial charge in [0.1, 0.15) is 0 Å². The van der Waals surface area contributed by atoms with Crippen LogP contribution in [-0.2, 0) is 7.05 Å². The first-order chi connectivity index (χ1) is 8.81. The Morgan fingerprint density at radius 1 is 1.28 bits per heavy atom. The summed E-state index contributed by atoms with van der Waals surface area (Å²) in [5, 5.41) is 8.49. The summed E-state index contributed by atoms with van der Waals surface area (Å²) >= 11 is 0. The van der Waals surface area contributed by atoms with Crippen LogP contribution < -0.4 is 11.3 Å². The van der Waals surface area contributed by atoms with Crippen molar-refractivity contribution in [3.63, 3.8) is 0 Å². The van der Waals surface area contributed by atoms with E-state index in [1.165, 1.54) is 0 Å². The first kappa shape index (κ1) is 10.9. The quantitative estimate of drug-likeness (QED) is 0.521. The summed E-state index contributed by atoms with van der Waals surface area (Å²) in [5.41, 5.74) is 5.88. The predicted molar refractivity (Wildman–Crippen MR) is 67.6 cm³/mol. The van der Waals surface area contributed by atoms with Crippen molar-refractivity contribution in [3.05, 3.63) is 54.1 Å². The van der Waals surface area contributed by atoms with Gasteiger partial charge in [-0.1, -0.05) is 6.07 Å². The fourth-order valence-electron chi connectivity index (χ4n) is 2.18. The number of fused-ring (bicyclic) bond motifs is 1. The first-order valence-corrected chi connectivity index (χ1v) is 5.67. The van der Waals surface area contributed by atoms with Gasteiger partial charge in [-0.05, 0) is 18.2 Å². The molecule has 3 N–H and O–H groups in total. The van der Waals surface area contributed by atoms with Crippen LogP contribution in [0, 0.1) is 0 Å². The second kappa shape index (κ2) is 4.25. The van der Waals surface area contributed by atoms with Crippen LogP contribution in [0.4, 0.5) is 0 Å². The van der Waals surface area contributed by atoms with Crippen LogP contribution in [0.25, 0.3) is 5.52 Å². The molecule has 0 saturated carbocycles. The average molecular weight is 242 g/mol. The normalized spacial score (nSPS) is 13.0. The van der Waals surface area contributed by atoms with Gasteiger partial charge in [-0.3, -0.25) is 10.5 Å². The number of hydrogen-bond donors (Lipinski definition) is 2.